The first-order chi connectivity index (χ1) is 9.47. The summed E-state index contributed by atoms with van der Waals surface area (Å²) in [6.45, 7) is 7.87. The zero-order valence-corrected chi connectivity index (χ0v) is 13.5. The maximum atomic E-state index is 6.20. The van der Waals surface area contributed by atoms with Crippen molar-refractivity contribution in [3.63, 3.8) is 0 Å². The number of hydrogen-bond donors (Lipinski definition) is 1. The van der Waals surface area contributed by atoms with Crippen LogP contribution in [0.5, 0.6) is 0 Å². The molecular formula is C15H24ClN3O. The highest BCUT2D eigenvalue weighted by atomic mass is 35.5. The molecule has 112 valence electrons. The Morgan fingerprint density at radius 2 is 2.05 bits per heavy atom. The van der Waals surface area contributed by atoms with Crippen LogP contribution in [0.3, 0.4) is 0 Å². The van der Waals surface area contributed by atoms with Crippen LogP contribution in [0.1, 0.15) is 50.4 Å². The van der Waals surface area contributed by atoms with Gasteiger partial charge in [0.25, 0.3) is 0 Å². The van der Waals surface area contributed by atoms with Crippen molar-refractivity contribution in [3.8, 4) is 0 Å². The van der Waals surface area contributed by atoms with Crippen molar-refractivity contribution < 1.29 is 4.74 Å². The zero-order chi connectivity index (χ0) is 14.8. The fourth-order valence-corrected chi connectivity index (χ4v) is 2.39. The molecule has 0 spiro atoms. The summed E-state index contributed by atoms with van der Waals surface area (Å²) in [5, 5.41) is 4.02. The third-order valence-electron chi connectivity index (χ3n) is 4.04. The summed E-state index contributed by atoms with van der Waals surface area (Å²) in [5.41, 5.74) is 1.32. The molecule has 1 heterocycles. The Bertz CT molecular complexity index is 472. The number of aromatic nitrogens is 2. The van der Waals surface area contributed by atoms with E-state index in [0.717, 1.165) is 36.8 Å². The van der Waals surface area contributed by atoms with Gasteiger partial charge in [-0.1, -0.05) is 25.4 Å². The minimum Gasteiger partial charge on any atom is -0.385 e. The molecule has 1 aliphatic carbocycles. The van der Waals surface area contributed by atoms with Crippen molar-refractivity contribution in [2.24, 2.45) is 5.41 Å². The molecule has 1 aromatic rings. The van der Waals surface area contributed by atoms with Gasteiger partial charge in [-0.05, 0) is 31.6 Å². The van der Waals surface area contributed by atoms with Gasteiger partial charge in [0.1, 0.15) is 16.8 Å². The molecule has 1 saturated carbocycles. The predicted octanol–water partition coefficient (Wildman–Crippen LogP) is 3.79. The molecule has 1 aliphatic rings. The summed E-state index contributed by atoms with van der Waals surface area (Å²) < 4.78 is 5.19. The number of methoxy groups -OCH3 is 1. The van der Waals surface area contributed by atoms with Crippen molar-refractivity contribution in [2.45, 2.75) is 46.0 Å². The van der Waals surface area contributed by atoms with Gasteiger partial charge in [0.05, 0.1) is 0 Å². The van der Waals surface area contributed by atoms with Crippen LogP contribution in [0.25, 0.3) is 0 Å². The molecule has 0 unspecified atom stereocenters. The third kappa shape index (κ3) is 3.61. The third-order valence-corrected chi connectivity index (χ3v) is 4.41. The van der Waals surface area contributed by atoms with Gasteiger partial charge >= 0.3 is 0 Å². The van der Waals surface area contributed by atoms with Gasteiger partial charge in [-0.3, -0.25) is 0 Å². The first-order valence-electron chi connectivity index (χ1n) is 7.24. The normalized spacial score (nSPS) is 16.5. The van der Waals surface area contributed by atoms with Crippen LogP contribution in [-0.4, -0.2) is 30.2 Å². The van der Waals surface area contributed by atoms with E-state index < -0.39 is 0 Å². The van der Waals surface area contributed by atoms with Crippen LogP contribution in [0.4, 0.5) is 5.82 Å². The topological polar surface area (TPSA) is 47.0 Å². The monoisotopic (exact) mass is 297 g/mol. The number of rotatable bonds is 7. The fourth-order valence-electron chi connectivity index (χ4n) is 2.22. The average Bonchev–Trinajstić information content (AvgIpc) is 3.18. The maximum Gasteiger partial charge on any atom is 0.137 e. The zero-order valence-electron chi connectivity index (χ0n) is 12.8. The first-order valence-corrected chi connectivity index (χ1v) is 7.62. The molecule has 4 nitrogen and oxygen atoms in total. The number of hydrogen-bond acceptors (Lipinski definition) is 4. The Hall–Kier alpha value is -0.870. The van der Waals surface area contributed by atoms with Crippen molar-refractivity contribution in [3.05, 3.63) is 16.5 Å². The lowest BCUT2D eigenvalue weighted by molar-refractivity contribution is 0.175. The van der Waals surface area contributed by atoms with Crippen molar-refractivity contribution in [1.29, 1.82) is 0 Å². The minimum absolute atomic E-state index is 0.275. The Kier molecular flexibility index (Phi) is 4.86. The summed E-state index contributed by atoms with van der Waals surface area (Å²) in [7, 11) is 1.76. The molecule has 1 N–H and O–H groups in total. The van der Waals surface area contributed by atoms with E-state index >= 15 is 0 Å². The molecular weight excluding hydrogens is 274 g/mol. The molecule has 1 aromatic heterocycles. The van der Waals surface area contributed by atoms with Gasteiger partial charge in [-0.25, -0.2) is 9.97 Å². The average molecular weight is 298 g/mol. The molecule has 5 heteroatoms. The number of anilines is 1. The van der Waals surface area contributed by atoms with Crippen LogP contribution in [0.2, 0.25) is 5.15 Å². The molecule has 0 aromatic carbocycles. The summed E-state index contributed by atoms with van der Waals surface area (Å²) >= 11 is 6.20. The van der Waals surface area contributed by atoms with Crippen LogP contribution in [0.15, 0.2) is 0 Å². The molecule has 0 saturated heterocycles. The van der Waals surface area contributed by atoms with E-state index in [4.69, 9.17) is 16.3 Å². The quantitative estimate of drug-likeness (QED) is 0.778. The fraction of sp³-hybridized carbons (Fsp3) is 0.733. The highest BCUT2D eigenvalue weighted by Crippen LogP contribution is 2.48. The summed E-state index contributed by atoms with van der Waals surface area (Å²) in [4.78, 5) is 8.94. The summed E-state index contributed by atoms with van der Waals surface area (Å²) in [6.07, 6.45) is 3.63. The van der Waals surface area contributed by atoms with E-state index in [1.54, 1.807) is 7.11 Å². The largest absolute Gasteiger partial charge is 0.385 e. The van der Waals surface area contributed by atoms with Gasteiger partial charge in [0, 0.05) is 31.7 Å². The lowest BCUT2D eigenvalue weighted by Gasteiger charge is -2.18. The predicted molar refractivity (Wildman–Crippen MR) is 82.5 cm³/mol. The van der Waals surface area contributed by atoms with Gasteiger partial charge in [-0.15, -0.1) is 0 Å². The van der Waals surface area contributed by atoms with E-state index in [1.807, 2.05) is 6.92 Å². The van der Waals surface area contributed by atoms with Crippen molar-refractivity contribution in [2.75, 3.05) is 25.6 Å². The van der Waals surface area contributed by atoms with Crippen molar-refractivity contribution >= 4 is 17.4 Å². The van der Waals surface area contributed by atoms with Crippen LogP contribution in [-0.2, 0) is 4.74 Å². The number of nitrogens with one attached hydrogen (secondary N) is 1. The number of nitrogens with zero attached hydrogens (tertiary/aromatic N) is 2. The molecule has 0 amide bonds. The Morgan fingerprint density at radius 1 is 1.35 bits per heavy atom. The molecule has 0 atom stereocenters. The van der Waals surface area contributed by atoms with Gasteiger partial charge in [0.2, 0.25) is 0 Å². The van der Waals surface area contributed by atoms with E-state index in [0.29, 0.717) is 10.6 Å². The van der Waals surface area contributed by atoms with Crippen LogP contribution < -0.4 is 5.32 Å². The van der Waals surface area contributed by atoms with E-state index in [-0.39, 0.29) is 5.92 Å². The van der Waals surface area contributed by atoms with Crippen LogP contribution >= 0.6 is 11.6 Å². The Balaban J connectivity index is 2.05. The second-order valence-corrected chi connectivity index (χ2v) is 6.46. The SMILES string of the molecule is COCCC1(CNc2nc(C(C)C)nc(Cl)c2C)CC1. The molecule has 0 radical (unpaired) electrons. The van der Waals surface area contributed by atoms with Crippen molar-refractivity contribution in [1.82, 2.24) is 9.97 Å². The van der Waals surface area contributed by atoms with E-state index in [2.05, 4.69) is 29.1 Å². The molecule has 1 fully saturated rings. The lowest BCUT2D eigenvalue weighted by Crippen LogP contribution is -2.19. The number of ether oxygens (including phenoxy) is 1. The van der Waals surface area contributed by atoms with E-state index in [9.17, 15) is 0 Å². The second-order valence-electron chi connectivity index (χ2n) is 6.10. The summed E-state index contributed by atoms with van der Waals surface area (Å²) in [5.74, 6) is 1.94. The van der Waals surface area contributed by atoms with Crippen LogP contribution in [0, 0.1) is 12.3 Å². The lowest BCUT2D eigenvalue weighted by atomic mass is 10.0. The van der Waals surface area contributed by atoms with E-state index in [1.165, 1.54) is 12.8 Å². The van der Waals surface area contributed by atoms with Gasteiger partial charge < -0.3 is 10.1 Å². The molecule has 0 aliphatic heterocycles. The molecule has 2 rings (SSSR count). The maximum absolute atomic E-state index is 6.20. The highest BCUT2D eigenvalue weighted by Gasteiger charge is 2.41. The van der Waals surface area contributed by atoms with Gasteiger partial charge in [-0.2, -0.15) is 0 Å². The standard InChI is InChI=1S/C15H24ClN3O/c1-10(2)13-18-12(16)11(3)14(19-13)17-9-15(5-6-15)7-8-20-4/h10H,5-9H2,1-4H3,(H,17,18,19). The Labute approximate surface area is 126 Å². The smallest absolute Gasteiger partial charge is 0.137 e. The molecule has 0 bridgehead atoms. The summed E-state index contributed by atoms with van der Waals surface area (Å²) in [6, 6.07) is 0. The number of halogens is 1. The highest BCUT2D eigenvalue weighted by molar-refractivity contribution is 6.30. The minimum atomic E-state index is 0.275. The molecule has 20 heavy (non-hydrogen) atoms. The second kappa shape index (κ2) is 6.27. The Morgan fingerprint density at radius 3 is 2.60 bits per heavy atom. The van der Waals surface area contributed by atoms with Gasteiger partial charge in [0.15, 0.2) is 0 Å². The first kappa shape index (κ1) is 15.5.